The van der Waals surface area contributed by atoms with Crippen LogP contribution in [0.1, 0.15) is 55.5 Å². The average Bonchev–Trinajstić information content (AvgIpc) is 2.37. The molecule has 0 N–H and O–H groups in total. The maximum absolute atomic E-state index is 6.46. The minimum Gasteiger partial charge on any atom is -0.490 e. The molecule has 1 aliphatic carbocycles. The molecule has 0 aromatic heterocycles. The van der Waals surface area contributed by atoms with Crippen LogP contribution in [-0.2, 0) is 0 Å². The summed E-state index contributed by atoms with van der Waals surface area (Å²) in [6.45, 7) is 7.42. The van der Waals surface area contributed by atoms with Crippen molar-refractivity contribution >= 4 is 27.5 Å². The van der Waals surface area contributed by atoms with Gasteiger partial charge in [0.15, 0.2) is 11.5 Å². The molecule has 0 saturated heterocycles. The summed E-state index contributed by atoms with van der Waals surface area (Å²) in [6.07, 6.45) is 2.24. The van der Waals surface area contributed by atoms with E-state index in [-0.39, 0.29) is 4.83 Å². The molecule has 0 radical (unpaired) electrons. The minimum absolute atomic E-state index is 0.290. The van der Waals surface area contributed by atoms with E-state index in [1.807, 2.05) is 19.9 Å². The van der Waals surface area contributed by atoms with Gasteiger partial charge in [0.25, 0.3) is 0 Å². The second kappa shape index (κ2) is 6.36. The van der Waals surface area contributed by atoms with Crippen molar-refractivity contribution in [2.24, 2.45) is 0 Å². The smallest absolute Gasteiger partial charge is 0.165 e. The molecule has 0 spiro atoms. The zero-order valence-corrected chi connectivity index (χ0v) is 14.0. The summed E-state index contributed by atoms with van der Waals surface area (Å²) in [6, 6.07) is 1.90. The van der Waals surface area contributed by atoms with Crippen LogP contribution in [-0.4, -0.2) is 13.2 Å². The van der Waals surface area contributed by atoms with Gasteiger partial charge >= 0.3 is 0 Å². The fraction of sp³-hybridized carbons (Fsp3) is 0.600. The Morgan fingerprint density at radius 1 is 1.21 bits per heavy atom. The Labute approximate surface area is 128 Å². The van der Waals surface area contributed by atoms with Gasteiger partial charge in [0, 0.05) is 21.5 Å². The van der Waals surface area contributed by atoms with Crippen LogP contribution in [0.2, 0.25) is 5.02 Å². The Morgan fingerprint density at radius 2 is 1.89 bits per heavy atom. The van der Waals surface area contributed by atoms with E-state index in [9.17, 15) is 0 Å². The average molecular weight is 348 g/mol. The van der Waals surface area contributed by atoms with E-state index in [0.717, 1.165) is 29.4 Å². The fourth-order valence-electron chi connectivity index (χ4n) is 2.69. The highest BCUT2D eigenvalue weighted by molar-refractivity contribution is 9.09. The van der Waals surface area contributed by atoms with E-state index < -0.39 is 0 Å². The maximum Gasteiger partial charge on any atom is 0.165 e. The highest BCUT2D eigenvalue weighted by atomic mass is 79.9. The number of hydrogen-bond donors (Lipinski definition) is 0. The largest absolute Gasteiger partial charge is 0.490 e. The van der Waals surface area contributed by atoms with E-state index in [2.05, 4.69) is 22.9 Å². The van der Waals surface area contributed by atoms with Crippen molar-refractivity contribution in [2.45, 2.75) is 44.4 Å². The van der Waals surface area contributed by atoms with Gasteiger partial charge in [0.1, 0.15) is 0 Å². The summed E-state index contributed by atoms with van der Waals surface area (Å²) in [4.78, 5) is 0.290. The van der Waals surface area contributed by atoms with Crippen molar-refractivity contribution in [3.8, 4) is 11.5 Å². The van der Waals surface area contributed by atoms with Crippen LogP contribution in [0.4, 0.5) is 0 Å². The van der Waals surface area contributed by atoms with Crippen LogP contribution in [0, 0.1) is 0 Å². The molecule has 4 heteroatoms. The van der Waals surface area contributed by atoms with E-state index in [1.54, 1.807) is 0 Å². The number of benzene rings is 1. The number of ether oxygens (including phenoxy) is 2. The lowest BCUT2D eigenvalue weighted by Gasteiger charge is -2.30. The first-order valence-electron chi connectivity index (χ1n) is 6.86. The number of fused-ring (bicyclic) bond motifs is 1. The number of alkyl halides is 1. The molecule has 19 heavy (non-hydrogen) atoms. The van der Waals surface area contributed by atoms with E-state index >= 15 is 0 Å². The van der Waals surface area contributed by atoms with Gasteiger partial charge in [-0.2, -0.15) is 0 Å². The van der Waals surface area contributed by atoms with E-state index in [1.165, 1.54) is 11.1 Å². The molecule has 0 bridgehead atoms. The number of halogens is 2. The molecule has 2 atom stereocenters. The molecule has 0 aliphatic heterocycles. The molecule has 0 heterocycles. The van der Waals surface area contributed by atoms with Crippen LogP contribution in [0.15, 0.2) is 6.07 Å². The van der Waals surface area contributed by atoms with Crippen LogP contribution >= 0.6 is 27.5 Å². The van der Waals surface area contributed by atoms with Crippen LogP contribution in [0.25, 0.3) is 0 Å². The zero-order valence-electron chi connectivity index (χ0n) is 11.6. The van der Waals surface area contributed by atoms with Crippen molar-refractivity contribution in [2.75, 3.05) is 13.2 Å². The predicted molar refractivity (Wildman–Crippen MR) is 83.1 cm³/mol. The Kier molecular flexibility index (Phi) is 5.02. The third-order valence-corrected chi connectivity index (χ3v) is 4.75. The third-order valence-electron chi connectivity index (χ3n) is 3.52. The fourth-order valence-corrected chi connectivity index (χ4v) is 3.80. The normalized spacial score (nSPS) is 21.9. The van der Waals surface area contributed by atoms with Gasteiger partial charge in [-0.15, -0.1) is 0 Å². The van der Waals surface area contributed by atoms with E-state index in [4.69, 9.17) is 21.1 Å². The summed E-state index contributed by atoms with van der Waals surface area (Å²) in [5.74, 6) is 2.08. The van der Waals surface area contributed by atoms with Crippen molar-refractivity contribution in [1.82, 2.24) is 0 Å². The third kappa shape index (κ3) is 2.87. The summed E-state index contributed by atoms with van der Waals surface area (Å²) < 4.78 is 11.5. The van der Waals surface area contributed by atoms with E-state index in [0.29, 0.717) is 19.1 Å². The van der Waals surface area contributed by atoms with Crippen LogP contribution in [0.3, 0.4) is 0 Å². The molecular formula is C15H20BrClO2. The van der Waals surface area contributed by atoms with Crippen LogP contribution < -0.4 is 9.47 Å². The Morgan fingerprint density at radius 3 is 2.53 bits per heavy atom. The zero-order chi connectivity index (χ0) is 14.0. The first-order chi connectivity index (χ1) is 9.10. The maximum atomic E-state index is 6.46. The highest BCUT2D eigenvalue weighted by Crippen LogP contribution is 2.52. The molecule has 0 saturated carbocycles. The Bertz CT molecular complexity index is 462. The second-order valence-electron chi connectivity index (χ2n) is 4.82. The lowest BCUT2D eigenvalue weighted by molar-refractivity contribution is 0.283. The Hall–Kier alpha value is -0.410. The standard InChI is InChI=1S/C15H20BrClO2/c1-4-18-12-8-11(17)13-9(3)6-7-10(16)14(13)15(12)19-5-2/h8-10H,4-7H2,1-3H3. The van der Waals surface area contributed by atoms with Crippen molar-refractivity contribution < 1.29 is 9.47 Å². The van der Waals surface area contributed by atoms with Gasteiger partial charge in [-0.3, -0.25) is 0 Å². The van der Waals surface area contributed by atoms with Crippen molar-refractivity contribution in [1.29, 1.82) is 0 Å². The summed E-state index contributed by atoms with van der Waals surface area (Å²) >= 11 is 10.2. The molecule has 0 amide bonds. The molecule has 2 rings (SSSR count). The predicted octanol–water partition coefficient (Wildman–Crippen LogP) is 5.47. The summed E-state index contributed by atoms with van der Waals surface area (Å²) in [5, 5.41) is 0.790. The second-order valence-corrected chi connectivity index (χ2v) is 6.34. The number of rotatable bonds is 4. The molecule has 1 aliphatic rings. The lowest BCUT2D eigenvalue weighted by atomic mass is 9.83. The molecule has 1 aromatic carbocycles. The van der Waals surface area contributed by atoms with Gasteiger partial charge in [-0.05, 0) is 38.2 Å². The Balaban J connectivity index is 2.62. The monoisotopic (exact) mass is 346 g/mol. The summed E-state index contributed by atoms with van der Waals surface area (Å²) in [5.41, 5.74) is 2.39. The van der Waals surface area contributed by atoms with Crippen molar-refractivity contribution in [3.05, 3.63) is 22.2 Å². The molecular weight excluding hydrogens is 328 g/mol. The molecule has 0 fully saturated rings. The highest BCUT2D eigenvalue weighted by Gasteiger charge is 2.31. The molecule has 106 valence electrons. The van der Waals surface area contributed by atoms with Gasteiger partial charge in [0.2, 0.25) is 0 Å². The minimum atomic E-state index is 0.290. The van der Waals surface area contributed by atoms with Gasteiger partial charge < -0.3 is 9.47 Å². The molecule has 2 nitrogen and oxygen atoms in total. The topological polar surface area (TPSA) is 18.5 Å². The molecule has 1 aromatic rings. The quantitative estimate of drug-likeness (QED) is 0.672. The van der Waals surface area contributed by atoms with Crippen molar-refractivity contribution in [3.63, 3.8) is 0 Å². The number of hydrogen-bond acceptors (Lipinski definition) is 2. The molecule has 2 unspecified atom stereocenters. The SMILES string of the molecule is CCOc1cc(Cl)c2c(c1OCC)C(Br)CCC2C. The lowest BCUT2D eigenvalue weighted by Crippen LogP contribution is -2.13. The summed E-state index contributed by atoms with van der Waals surface area (Å²) in [7, 11) is 0. The van der Waals surface area contributed by atoms with Gasteiger partial charge in [-0.25, -0.2) is 0 Å². The van der Waals surface area contributed by atoms with Gasteiger partial charge in [0.05, 0.1) is 13.2 Å². The first kappa shape index (κ1) is 15.0. The van der Waals surface area contributed by atoms with Gasteiger partial charge in [-0.1, -0.05) is 34.5 Å². The first-order valence-corrected chi connectivity index (χ1v) is 8.15. The van der Waals surface area contributed by atoms with Crippen LogP contribution in [0.5, 0.6) is 11.5 Å².